The molecular weight excluding hydrogens is 200 g/mol. The molecule has 0 aliphatic carbocycles. The summed E-state index contributed by atoms with van der Waals surface area (Å²) in [7, 11) is 0. The molecule has 0 spiro atoms. The molecule has 2 rings (SSSR count). The number of hydrogen-bond donors (Lipinski definition) is 2. The van der Waals surface area contributed by atoms with E-state index in [1.165, 1.54) is 0 Å². The van der Waals surface area contributed by atoms with Crippen LogP contribution in [0.15, 0.2) is 42.7 Å². The zero-order chi connectivity index (χ0) is 11.6. The van der Waals surface area contributed by atoms with Gasteiger partial charge in [-0.15, -0.1) is 0 Å². The van der Waals surface area contributed by atoms with Gasteiger partial charge >= 0.3 is 0 Å². The van der Waals surface area contributed by atoms with E-state index in [0.717, 1.165) is 24.2 Å². The predicted octanol–water partition coefficient (Wildman–Crippen LogP) is 2.54. The average molecular weight is 218 g/mol. The molecule has 0 saturated heterocycles. The Bertz CT molecular complexity index is 357. The number of aromatic nitrogens is 2. The minimum atomic E-state index is 0.140. The number of hydrogen-bond acceptors (Lipinski definition) is 2. The van der Waals surface area contributed by atoms with Crippen molar-refractivity contribution in [3.05, 3.63) is 54.1 Å². The van der Waals surface area contributed by atoms with E-state index < -0.39 is 0 Å². The molecule has 2 aromatic rings. The van der Waals surface area contributed by atoms with Crippen LogP contribution >= 0.6 is 0 Å². The van der Waals surface area contributed by atoms with Gasteiger partial charge in [0.25, 0.3) is 0 Å². The highest BCUT2D eigenvalue weighted by atomic mass is 16.3. The summed E-state index contributed by atoms with van der Waals surface area (Å²) < 4.78 is 0. The number of rotatable bonds is 3. The summed E-state index contributed by atoms with van der Waals surface area (Å²) in [5.41, 5.74) is 0.965. The Kier molecular flexibility index (Phi) is 5.96. The van der Waals surface area contributed by atoms with Crippen molar-refractivity contribution in [3.63, 3.8) is 0 Å². The summed E-state index contributed by atoms with van der Waals surface area (Å²) in [4.78, 5) is 7.08. The average Bonchev–Trinajstić information content (AvgIpc) is 2.84. The molecule has 0 fully saturated rings. The van der Waals surface area contributed by atoms with Crippen molar-refractivity contribution >= 4 is 0 Å². The molecule has 1 heterocycles. The van der Waals surface area contributed by atoms with Gasteiger partial charge in [-0.3, -0.25) is 0 Å². The van der Waals surface area contributed by atoms with Crippen molar-refractivity contribution in [1.82, 2.24) is 9.97 Å². The molecule has 0 aliphatic heterocycles. The van der Waals surface area contributed by atoms with Crippen LogP contribution in [0, 0.1) is 0 Å². The van der Waals surface area contributed by atoms with Gasteiger partial charge in [0.2, 0.25) is 0 Å². The minimum absolute atomic E-state index is 0.140. The van der Waals surface area contributed by atoms with E-state index in [0.29, 0.717) is 0 Å². The number of benzene rings is 1. The Balaban J connectivity index is 0.000000160. The van der Waals surface area contributed by atoms with E-state index in [-0.39, 0.29) is 6.61 Å². The molecule has 2 N–H and O–H groups in total. The number of nitrogens with one attached hydrogen (secondary N) is 1. The fourth-order valence-electron chi connectivity index (χ4n) is 1.25. The summed E-state index contributed by atoms with van der Waals surface area (Å²) in [6.07, 6.45) is 5.86. The molecule has 1 aromatic heterocycles. The zero-order valence-electron chi connectivity index (χ0n) is 9.56. The van der Waals surface area contributed by atoms with Crippen LogP contribution in [0.4, 0.5) is 0 Å². The molecule has 0 saturated carbocycles. The molecule has 0 amide bonds. The molecule has 0 unspecified atom stereocenters. The first-order valence-corrected chi connectivity index (χ1v) is 5.49. The maximum atomic E-state index is 8.54. The van der Waals surface area contributed by atoms with Gasteiger partial charge in [-0.1, -0.05) is 37.3 Å². The molecular formula is C13H18N2O. The standard InChI is InChI=1S/C7H8O.C6H10N2/c8-6-7-4-2-1-3-5-7;1-2-3-6-7-4-5-8-6/h1-5,8H,6H2;4-5H,2-3H2,1H3,(H,7,8). The summed E-state index contributed by atoms with van der Waals surface area (Å²) >= 11 is 0. The summed E-state index contributed by atoms with van der Waals surface area (Å²) in [6.45, 7) is 2.28. The second-order valence-electron chi connectivity index (χ2n) is 3.43. The van der Waals surface area contributed by atoms with Crippen LogP contribution in [-0.2, 0) is 13.0 Å². The topological polar surface area (TPSA) is 48.9 Å². The van der Waals surface area contributed by atoms with Gasteiger partial charge in [0.05, 0.1) is 6.61 Å². The smallest absolute Gasteiger partial charge is 0.105 e. The number of aryl methyl sites for hydroxylation is 1. The number of aliphatic hydroxyl groups is 1. The normalized spacial score (nSPS) is 9.38. The third-order valence-corrected chi connectivity index (χ3v) is 2.07. The third-order valence-electron chi connectivity index (χ3n) is 2.07. The first-order chi connectivity index (χ1) is 7.86. The van der Waals surface area contributed by atoms with Gasteiger partial charge in [-0.25, -0.2) is 4.98 Å². The number of H-pyrrole nitrogens is 1. The lowest BCUT2D eigenvalue weighted by atomic mass is 10.2. The van der Waals surface area contributed by atoms with E-state index in [4.69, 9.17) is 5.11 Å². The zero-order valence-corrected chi connectivity index (χ0v) is 9.56. The Hall–Kier alpha value is -1.61. The van der Waals surface area contributed by atoms with E-state index in [2.05, 4.69) is 16.9 Å². The Morgan fingerprint density at radius 3 is 2.44 bits per heavy atom. The van der Waals surface area contributed by atoms with Crippen LogP contribution < -0.4 is 0 Å². The minimum Gasteiger partial charge on any atom is -0.392 e. The van der Waals surface area contributed by atoms with E-state index >= 15 is 0 Å². The molecule has 3 heteroatoms. The highest BCUT2D eigenvalue weighted by Gasteiger charge is 1.87. The predicted molar refractivity (Wildman–Crippen MR) is 64.9 cm³/mol. The molecule has 0 bridgehead atoms. The second-order valence-corrected chi connectivity index (χ2v) is 3.43. The van der Waals surface area contributed by atoms with Gasteiger partial charge in [0, 0.05) is 18.8 Å². The SMILES string of the molecule is CCCc1ncc[nH]1.OCc1ccccc1. The van der Waals surface area contributed by atoms with Crippen molar-refractivity contribution in [3.8, 4) is 0 Å². The first-order valence-electron chi connectivity index (χ1n) is 5.49. The Morgan fingerprint density at radius 1 is 1.25 bits per heavy atom. The molecule has 16 heavy (non-hydrogen) atoms. The lowest BCUT2D eigenvalue weighted by molar-refractivity contribution is 0.282. The molecule has 0 radical (unpaired) electrons. The number of aromatic amines is 1. The van der Waals surface area contributed by atoms with Gasteiger partial charge in [0.1, 0.15) is 5.82 Å². The first kappa shape index (κ1) is 12.5. The van der Waals surface area contributed by atoms with Crippen molar-refractivity contribution < 1.29 is 5.11 Å². The van der Waals surface area contributed by atoms with Crippen LogP contribution in [0.5, 0.6) is 0 Å². The maximum Gasteiger partial charge on any atom is 0.105 e. The summed E-state index contributed by atoms with van der Waals surface area (Å²) in [5, 5.41) is 8.54. The number of imidazole rings is 1. The lowest BCUT2D eigenvalue weighted by Crippen LogP contribution is -1.83. The second kappa shape index (κ2) is 7.65. The molecule has 0 atom stereocenters. The number of nitrogens with zero attached hydrogens (tertiary/aromatic N) is 1. The summed E-state index contributed by atoms with van der Waals surface area (Å²) in [6, 6.07) is 9.52. The van der Waals surface area contributed by atoms with Gasteiger partial charge in [-0.05, 0) is 12.0 Å². The van der Waals surface area contributed by atoms with Crippen LogP contribution in [0.2, 0.25) is 0 Å². The van der Waals surface area contributed by atoms with Crippen LogP contribution in [0.25, 0.3) is 0 Å². The van der Waals surface area contributed by atoms with Crippen molar-refractivity contribution in [1.29, 1.82) is 0 Å². The Morgan fingerprint density at radius 2 is 2.00 bits per heavy atom. The quantitative estimate of drug-likeness (QED) is 0.831. The largest absolute Gasteiger partial charge is 0.392 e. The molecule has 1 aromatic carbocycles. The third kappa shape index (κ3) is 4.75. The maximum absolute atomic E-state index is 8.54. The van der Waals surface area contributed by atoms with Gasteiger partial charge < -0.3 is 10.1 Å². The molecule has 3 nitrogen and oxygen atoms in total. The van der Waals surface area contributed by atoms with E-state index in [9.17, 15) is 0 Å². The van der Waals surface area contributed by atoms with Crippen molar-refractivity contribution in [2.75, 3.05) is 0 Å². The monoisotopic (exact) mass is 218 g/mol. The molecule has 0 aliphatic rings. The van der Waals surface area contributed by atoms with Crippen molar-refractivity contribution in [2.45, 2.75) is 26.4 Å². The fraction of sp³-hybridized carbons (Fsp3) is 0.308. The lowest BCUT2D eigenvalue weighted by Gasteiger charge is -1.89. The van der Waals surface area contributed by atoms with Crippen molar-refractivity contribution in [2.24, 2.45) is 0 Å². The molecule has 86 valence electrons. The van der Waals surface area contributed by atoms with E-state index in [1.807, 2.05) is 36.5 Å². The van der Waals surface area contributed by atoms with Crippen LogP contribution in [-0.4, -0.2) is 15.1 Å². The summed E-state index contributed by atoms with van der Waals surface area (Å²) in [5.74, 6) is 1.09. The van der Waals surface area contributed by atoms with Crippen LogP contribution in [0.1, 0.15) is 24.7 Å². The Labute approximate surface area is 96.2 Å². The van der Waals surface area contributed by atoms with E-state index in [1.54, 1.807) is 6.20 Å². The number of aliphatic hydroxyl groups excluding tert-OH is 1. The van der Waals surface area contributed by atoms with Gasteiger partial charge in [0.15, 0.2) is 0 Å². The van der Waals surface area contributed by atoms with Crippen LogP contribution in [0.3, 0.4) is 0 Å². The highest BCUT2D eigenvalue weighted by molar-refractivity contribution is 5.12. The van der Waals surface area contributed by atoms with Gasteiger partial charge in [-0.2, -0.15) is 0 Å². The fourth-order valence-corrected chi connectivity index (χ4v) is 1.25. The highest BCUT2D eigenvalue weighted by Crippen LogP contribution is 1.95.